The molecule has 0 atom stereocenters. The summed E-state index contributed by atoms with van der Waals surface area (Å²) in [4.78, 5) is 12.3. The van der Waals surface area contributed by atoms with Crippen LogP contribution < -0.4 is 14.8 Å². The van der Waals surface area contributed by atoms with Gasteiger partial charge in [0.2, 0.25) is 5.91 Å². The lowest BCUT2D eigenvalue weighted by Crippen LogP contribution is -2.14. The molecule has 1 amide bonds. The van der Waals surface area contributed by atoms with Crippen LogP contribution in [0.1, 0.15) is 12.5 Å². The molecule has 0 saturated carbocycles. The van der Waals surface area contributed by atoms with Gasteiger partial charge in [-0.2, -0.15) is 0 Å². The summed E-state index contributed by atoms with van der Waals surface area (Å²) >= 11 is 1.34. The van der Waals surface area contributed by atoms with Crippen molar-refractivity contribution in [2.24, 2.45) is 7.05 Å². The number of anilines is 1. The van der Waals surface area contributed by atoms with Gasteiger partial charge < -0.3 is 19.4 Å². The summed E-state index contributed by atoms with van der Waals surface area (Å²) in [5.74, 6) is 2.11. The zero-order valence-corrected chi connectivity index (χ0v) is 17.7. The minimum absolute atomic E-state index is 0.0880. The number of thioether (sulfide) groups is 1. The van der Waals surface area contributed by atoms with Crippen molar-refractivity contribution < 1.29 is 14.3 Å². The second-order valence-electron chi connectivity index (χ2n) is 6.32. The molecule has 7 nitrogen and oxygen atoms in total. The number of carbonyl (C=O) groups excluding carboxylic acids is 1. The number of ether oxygens (including phenoxy) is 2. The minimum atomic E-state index is -0.0880. The first-order chi connectivity index (χ1) is 14.0. The molecule has 0 aliphatic heterocycles. The fourth-order valence-electron chi connectivity index (χ4n) is 2.82. The molecule has 0 fully saturated rings. The molecule has 0 saturated heterocycles. The van der Waals surface area contributed by atoms with Gasteiger partial charge >= 0.3 is 0 Å². The van der Waals surface area contributed by atoms with Gasteiger partial charge in [-0.25, -0.2) is 0 Å². The van der Waals surface area contributed by atoms with Gasteiger partial charge in [0.15, 0.2) is 22.5 Å². The minimum Gasteiger partial charge on any atom is -0.493 e. The van der Waals surface area contributed by atoms with Gasteiger partial charge in [0.1, 0.15) is 0 Å². The average molecular weight is 413 g/mol. The van der Waals surface area contributed by atoms with Crippen LogP contribution in [0.5, 0.6) is 11.5 Å². The second-order valence-corrected chi connectivity index (χ2v) is 7.26. The molecule has 1 N–H and O–H groups in total. The summed E-state index contributed by atoms with van der Waals surface area (Å²) in [5, 5.41) is 12.0. The zero-order chi connectivity index (χ0) is 20.8. The van der Waals surface area contributed by atoms with Gasteiger partial charge in [0.05, 0.1) is 20.0 Å². The number of aromatic nitrogens is 3. The van der Waals surface area contributed by atoms with Crippen molar-refractivity contribution in [1.29, 1.82) is 0 Å². The molecule has 0 aliphatic rings. The first-order valence-corrected chi connectivity index (χ1v) is 10.2. The molecule has 0 radical (unpaired) electrons. The molecule has 3 aromatic rings. The van der Waals surface area contributed by atoms with Gasteiger partial charge in [-0.1, -0.05) is 30.8 Å². The second kappa shape index (κ2) is 9.47. The number of aryl methyl sites for hydroxylation is 1. The van der Waals surface area contributed by atoms with Crippen LogP contribution in [-0.2, 0) is 18.3 Å². The molecule has 1 heterocycles. The lowest BCUT2D eigenvalue weighted by atomic mass is 10.1. The van der Waals surface area contributed by atoms with E-state index in [-0.39, 0.29) is 11.7 Å². The van der Waals surface area contributed by atoms with Crippen molar-refractivity contribution in [2.75, 3.05) is 25.3 Å². The largest absolute Gasteiger partial charge is 0.493 e. The fraction of sp³-hybridized carbons (Fsp3) is 0.286. The summed E-state index contributed by atoms with van der Waals surface area (Å²) in [6.07, 6.45) is 0.971. The Labute approximate surface area is 174 Å². The summed E-state index contributed by atoms with van der Waals surface area (Å²) in [6, 6.07) is 13.4. The predicted octanol–water partition coefficient (Wildman–Crippen LogP) is 3.79. The Morgan fingerprint density at radius 1 is 1.07 bits per heavy atom. The van der Waals surface area contributed by atoms with E-state index in [0.29, 0.717) is 22.5 Å². The highest BCUT2D eigenvalue weighted by Crippen LogP contribution is 2.32. The van der Waals surface area contributed by atoms with E-state index in [4.69, 9.17) is 9.47 Å². The molecule has 0 aliphatic carbocycles. The molecule has 0 unspecified atom stereocenters. The van der Waals surface area contributed by atoms with E-state index in [9.17, 15) is 4.79 Å². The van der Waals surface area contributed by atoms with Crippen molar-refractivity contribution in [3.63, 3.8) is 0 Å². The van der Waals surface area contributed by atoms with Crippen molar-refractivity contribution in [2.45, 2.75) is 18.5 Å². The van der Waals surface area contributed by atoms with Crippen molar-refractivity contribution >= 4 is 23.4 Å². The Balaban J connectivity index is 1.65. The Hall–Kier alpha value is -3.00. The van der Waals surface area contributed by atoms with Crippen LogP contribution in [0.25, 0.3) is 11.4 Å². The van der Waals surface area contributed by atoms with E-state index < -0.39 is 0 Å². The highest BCUT2D eigenvalue weighted by atomic mass is 32.2. The summed E-state index contributed by atoms with van der Waals surface area (Å²) < 4.78 is 12.5. The summed E-state index contributed by atoms with van der Waals surface area (Å²) in [5.41, 5.74) is 2.88. The number of nitrogens with one attached hydrogen (secondary N) is 1. The molecular formula is C21H24N4O3S. The number of methoxy groups -OCH3 is 2. The molecule has 8 heteroatoms. The van der Waals surface area contributed by atoms with E-state index in [1.54, 1.807) is 14.2 Å². The van der Waals surface area contributed by atoms with E-state index in [1.165, 1.54) is 17.3 Å². The molecule has 1 aromatic heterocycles. The standard InChI is InChI=1S/C21H24N4O3S/c1-5-14-6-9-16(10-7-14)22-19(26)13-29-21-24-23-20(25(21)2)15-8-11-17(27-3)18(12-15)28-4/h6-12H,5,13H2,1-4H3,(H,22,26). The summed E-state index contributed by atoms with van der Waals surface area (Å²) in [7, 11) is 5.06. The van der Waals surface area contributed by atoms with Gasteiger partial charge in [0.25, 0.3) is 0 Å². The number of hydrogen-bond donors (Lipinski definition) is 1. The van der Waals surface area contributed by atoms with Crippen LogP contribution in [-0.4, -0.2) is 40.6 Å². The van der Waals surface area contributed by atoms with Crippen LogP contribution in [0.4, 0.5) is 5.69 Å². The molecule has 2 aromatic carbocycles. The quantitative estimate of drug-likeness (QED) is 0.567. The van der Waals surface area contributed by atoms with Crippen molar-refractivity contribution in [1.82, 2.24) is 14.8 Å². The van der Waals surface area contributed by atoms with Crippen LogP contribution in [0, 0.1) is 0 Å². The fourth-order valence-corrected chi connectivity index (χ4v) is 3.53. The van der Waals surface area contributed by atoms with Gasteiger partial charge in [0, 0.05) is 18.3 Å². The van der Waals surface area contributed by atoms with Crippen LogP contribution >= 0.6 is 11.8 Å². The molecule has 0 spiro atoms. The number of nitrogens with zero attached hydrogens (tertiary/aromatic N) is 3. The topological polar surface area (TPSA) is 78.3 Å². The van der Waals surface area contributed by atoms with Gasteiger partial charge in [-0.15, -0.1) is 10.2 Å². The Morgan fingerprint density at radius 2 is 1.79 bits per heavy atom. The lowest BCUT2D eigenvalue weighted by Gasteiger charge is -2.09. The van der Waals surface area contributed by atoms with Crippen LogP contribution in [0.15, 0.2) is 47.6 Å². The Morgan fingerprint density at radius 3 is 2.45 bits per heavy atom. The van der Waals surface area contributed by atoms with Gasteiger partial charge in [-0.05, 0) is 42.3 Å². The van der Waals surface area contributed by atoms with Crippen molar-refractivity contribution in [3.05, 3.63) is 48.0 Å². The number of benzene rings is 2. The maximum Gasteiger partial charge on any atom is 0.234 e. The Kier molecular flexibility index (Phi) is 6.77. The normalized spacial score (nSPS) is 10.6. The third-order valence-corrected chi connectivity index (χ3v) is 5.48. The lowest BCUT2D eigenvalue weighted by molar-refractivity contribution is -0.113. The number of amides is 1. The number of hydrogen-bond acceptors (Lipinski definition) is 6. The first-order valence-electron chi connectivity index (χ1n) is 9.19. The third-order valence-electron chi connectivity index (χ3n) is 4.45. The van der Waals surface area contributed by atoms with Crippen LogP contribution in [0.3, 0.4) is 0 Å². The smallest absolute Gasteiger partial charge is 0.234 e. The van der Waals surface area contributed by atoms with E-state index in [1.807, 2.05) is 54.1 Å². The van der Waals surface area contributed by atoms with Crippen molar-refractivity contribution in [3.8, 4) is 22.9 Å². The van der Waals surface area contributed by atoms with Crippen LogP contribution in [0.2, 0.25) is 0 Å². The van der Waals surface area contributed by atoms with Gasteiger partial charge in [-0.3, -0.25) is 4.79 Å². The Bertz CT molecular complexity index is 986. The SMILES string of the molecule is CCc1ccc(NC(=O)CSc2nnc(-c3ccc(OC)c(OC)c3)n2C)cc1. The predicted molar refractivity (Wildman–Crippen MR) is 115 cm³/mol. The average Bonchev–Trinajstić information content (AvgIpc) is 3.12. The third kappa shape index (κ3) is 4.89. The molecule has 0 bridgehead atoms. The number of carbonyl (C=O) groups is 1. The highest BCUT2D eigenvalue weighted by Gasteiger charge is 2.15. The number of rotatable bonds is 8. The van der Waals surface area contributed by atoms with E-state index >= 15 is 0 Å². The molecule has 29 heavy (non-hydrogen) atoms. The van der Waals surface area contributed by atoms with E-state index in [2.05, 4.69) is 22.4 Å². The molecular weight excluding hydrogens is 388 g/mol. The monoisotopic (exact) mass is 412 g/mol. The zero-order valence-electron chi connectivity index (χ0n) is 16.9. The first kappa shape index (κ1) is 20.7. The maximum absolute atomic E-state index is 12.3. The maximum atomic E-state index is 12.3. The molecule has 3 rings (SSSR count). The molecule has 152 valence electrons. The highest BCUT2D eigenvalue weighted by molar-refractivity contribution is 7.99. The summed E-state index contributed by atoms with van der Waals surface area (Å²) in [6.45, 7) is 2.10. The van der Waals surface area contributed by atoms with E-state index in [0.717, 1.165) is 17.7 Å².